The van der Waals surface area contributed by atoms with Crippen LogP contribution in [0.25, 0.3) is 5.69 Å². The van der Waals surface area contributed by atoms with Gasteiger partial charge in [-0.2, -0.15) is 0 Å². The van der Waals surface area contributed by atoms with Crippen LogP contribution in [0, 0.1) is 6.92 Å². The first-order valence-electron chi connectivity index (χ1n) is 7.58. The zero-order chi connectivity index (χ0) is 16.9. The lowest BCUT2D eigenvalue weighted by molar-refractivity contribution is 0.0945. The van der Waals surface area contributed by atoms with Crippen molar-refractivity contribution >= 4 is 5.91 Å². The van der Waals surface area contributed by atoms with Gasteiger partial charge < -0.3 is 10.1 Å². The summed E-state index contributed by atoms with van der Waals surface area (Å²) in [4.78, 5) is 12.4. The van der Waals surface area contributed by atoms with E-state index in [0.717, 1.165) is 17.0 Å². The monoisotopic (exact) mass is 322 g/mol. The molecule has 1 N–H and O–H groups in total. The molecular formula is C18H18N4O2. The molecule has 0 atom stereocenters. The summed E-state index contributed by atoms with van der Waals surface area (Å²) < 4.78 is 6.84. The van der Waals surface area contributed by atoms with Gasteiger partial charge in [0.15, 0.2) is 5.69 Å². The van der Waals surface area contributed by atoms with Crippen molar-refractivity contribution in [1.82, 2.24) is 20.3 Å². The van der Waals surface area contributed by atoms with Gasteiger partial charge in [0.1, 0.15) is 5.75 Å². The van der Waals surface area contributed by atoms with E-state index < -0.39 is 0 Å². The first kappa shape index (κ1) is 15.7. The van der Waals surface area contributed by atoms with Gasteiger partial charge in [0.25, 0.3) is 5.91 Å². The number of carbonyl (C=O) groups is 1. The summed E-state index contributed by atoms with van der Waals surface area (Å²) in [6.45, 7) is 2.27. The Kier molecular flexibility index (Phi) is 4.56. The molecule has 24 heavy (non-hydrogen) atoms. The van der Waals surface area contributed by atoms with Crippen molar-refractivity contribution in [3.05, 3.63) is 71.5 Å². The van der Waals surface area contributed by atoms with Gasteiger partial charge in [-0.25, -0.2) is 4.68 Å². The molecule has 0 aliphatic carbocycles. The number of ether oxygens (including phenoxy) is 1. The molecule has 0 radical (unpaired) electrons. The standard InChI is InChI=1S/C18H18N4O2/c1-13-17(18(23)19-12-14-7-4-3-5-8-14)20-21-22(13)15-9-6-10-16(11-15)24-2/h3-11H,12H2,1-2H3,(H,19,23). The molecule has 0 saturated heterocycles. The molecule has 3 rings (SSSR count). The Hall–Kier alpha value is -3.15. The number of methoxy groups -OCH3 is 1. The van der Waals surface area contributed by atoms with Gasteiger partial charge in [-0.15, -0.1) is 5.10 Å². The predicted octanol–water partition coefficient (Wildman–Crippen LogP) is 2.51. The number of amides is 1. The van der Waals surface area contributed by atoms with Crippen LogP contribution in [0.3, 0.4) is 0 Å². The second kappa shape index (κ2) is 6.95. The Labute approximate surface area is 140 Å². The fraction of sp³-hybridized carbons (Fsp3) is 0.167. The van der Waals surface area contributed by atoms with Crippen LogP contribution in [0.4, 0.5) is 0 Å². The molecule has 0 bridgehead atoms. The highest BCUT2D eigenvalue weighted by atomic mass is 16.5. The maximum absolute atomic E-state index is 12.4. The van der Waals surface area contributed by atoms with Crippen LogP contribution in [-0.2, 0) is 6.54 Å². The number of nitrogens with zero attached hydrogens (tertiary/aromatic N) is 3. The normalized spacial score (nSPS) is 10.4. The third kappa shape index (κ3) is 3.27. The number of hydrogen-bond donors (Lipinski definition) is 1. The Bertz CT molecular complexity index is 843. The van der Waals surface area contributed by atoms with Crippen LogP contribution in [-0.4, -0.2) is 28.0 Å². The Morgan fingerprint density at radius 1 is 1.17 bits per heavy atom. The first-order valence-corrected chi connectivity index (χ1v) is 7.58. The third-order valence-corrected chi connectivity index (χ3v) is 3.70. The smallest absolute Gasteiger partial charge is 0.274 e. The molecule has 0 saturated carbocycles. The molecule has 0 fully saturated rings. The van der Waals surface area contributed by atoms with Crippen LogP contribution in [0.2, 0.25) is 0 Å². The molecule has 0 unspecified atom stereocenters. The fourth-order valence-corrected chi connectivity index (χ4v) is 2.39. The van der Waals surface area contributed by atoms with Crippen molar-refractivity contribution in [1.29, 1.82) is 0 Å². The molecule has 3 aromatic rings. The van der Waals surface area contributed by atoms with E-state index in [2.05, 4.69) is 15.6 Å². The SMILES string of the molecule is COc1cccc(-n2nnc(C(=O)NCc3ccccc3)c2C)c1. The minimum Gasteiger partial charge on any atom is -0.497 e. The maximum Gasteiger partial charge on any atom is 0.274 e. The average molecular weight is 322 g/mol. The topological polar surface area (TPSA) is 69.0 Å². The van der Waals surface area contributed by atoms with Gasteiger partial charge in [-0.3, -0.25) is 4.79 Å². The lowest BCUT2D eigenvalue weighted by Crippen LogP contribution is -2.24. The summed E-state index contributed by atoms with van der Waals surface area (Å²) in [6.07, 6.45) is 0. The molecule has 1 heterocycles. The summed E-state index contributed by atoms with van der Waals surface area (Å²) >= 11 is 0. The van der Waals surface area contributed by atoms with Crippen LogP contribution in [0.1, 0.15) is 21.7 Å². The van der Waals surface area contributed by atoms with E-state index in [1.807, 2.05) is 61.5 Å². The molecule has 122 valence electrons. The lowest BCUT2D eigenvalue weighted by Gasteiger charge is -2.06. The minimum absolute atomic E-state index is 0.245. The molecule has 6 nitrogen and oxygen atoms in total. The number of nitrogens with one attached hydrogen (secondary N) is 1. The number of benzene rings is 2. The highest BCUT2D eigenvalue weighted by Crippen LogP contribution is 2.18. The van der Waals surface area contributed by atoms with Crippen LogP contribution in [0.15, 0.2) is 54.6 Å². The summed E-state index contributed by atoms with van der Waals surface area (Å²) in [5.41, 5.74) is 2.81. The third-order valence-electron chi connectivity index (χ3n) is 3.70. The van der Waals surface area contributed by atoms with Gasteiger partial charge in [-0.1, -0.05) is 41.6 Å². The van der Waals surface area contributed by atoms with Gasteiger partial charge in [0.2, 0.25) is 0 Å². The summed E-state index contributed by atoms with van der Waals surface area (Å²) in [7, 11) is 1.61. The Morgan fingerprint density at radius 2 is 1.96 bits per heavy atom. The fourth-order valence-electron chi connectivity index (χ4n) is 2.39. The van der Waals surface area contributed by atoms with Gasteiger partial charge in [0.05, 0.1) is 18.5 Å². The Morgan fingerprint density at radius 3 is 2.71 bits per heavy atom. The van der Waals surface area contributed by atoms with Gasteiger partial charge in [0, 0.05) is 12.6 Å². The molecule has 2 aromatic carbocycles. The van der Waals surface area contributed by atoms with Crippen molar-refractivity contribution in [2.75, 3.05) is 7.11 Å². The van der Waals surface area contributed by atoms with Crippen molar-refractivity contribution in [2.24, 2.45) is 0 Å². The van der Waals surface area contributed by atoms with Gasteiger partial charge in [-0.05, 0) is 24.6 Å². The molecule has 0 spiro atoms. The van der Waals surface area contributed by atoms with Crippen molar-refractivity contribution < 1.29 is 9.53 Å². The van der Waals surface area contributed by atoms with Gasteiger partial charge >= 0.3 is 0 Å². The molecule has 6 heteroatoms. The molecular weight excluding hydrogens is 304 g/mol. The second-order valence-corrected chi connectivity index (χ2v) is 5.31. The zero-order valence-electron chi connectivity index (χ0n) is 13.6. The maximum atomic E-state index is 12.4. The largest absolute Gasteiger partial charge is 0.497 e. The quantitative estimate of drug-likeness (QED) is 0.783. The zero-order valence-corrected chi connectivity index (χ0v) is 13.6. The van der Waals surface area contributed by atoms with Crippen LogP contribution in [0.5, 0.6) is 5.75 Å². The summed E-state index contributed by atoms with van der Waals surface area (Å²) in [5.74, 6) is 0.475. The van der Waals surface area contributed by atoms with Crippen LogP contribution >= 0.6 is 0 Å². The Balaban J connectivity index is 1.77. The summed E-state index contributed by atoms with van der Waals surface area (Å²) in [5, 5.41) is 11.0. The van der Waals surface area contributed by atoms with E-state index in [4.69, 9.17) is 4.74 Å². The molecule has 1 aromatic heterocycles. The number of aromatic nitrogens is 3. The van der Waals surface area contributed by atoms with E-state index in [-0.39, 0.29) is 5.91 Å². The lowest BCUT2D eigenvalue weighted by atomic mass is 10.2. The highest BCUT2D eigenvalue weighted by molar-refractivity contribution is 5.93. The molecule has 1 amide bonds. The van der Waals surface area contributed by atoms with Crippen molar-refractivity contribution in [3.8, 4) is 11.4 Å². The van der Waals surface area contributed by atoms with E-state index in [1.54, 1.807) is 11.8 Å². The number of hydrogen-bond acceptors (Lipinski definition) is 4. The van der Waals surface area contributed by atoms with Crippen molar-refractivity contribution in [3.63, 3.8) is 0 Å². The minimum atomic E-state index is -0.245. The van der Waals surface area contributed by atoms with Crippen LogP contribution < -0.4 is 10.1 Å². The highest BCUT2D eigenvalue weighted by Gasteiger charge is 2.17. The van der Waals surface area contributed by atoms with E-state index in [1.165, 1.54) is 0 Å². The van der Waals surface area contributed by atoms with E-state index >= 15 is 0 Å². The predicted molar refractivity (Wildman–Crippen MR) is 90.3 cm³/mol. The van der Waals surface area contributed by atoms with E-state index in [0.29, 0.717) is 17.9 Å². The number of carbonyl (C=O) groups excluding carboxylic acids is 1. The number of rotatable bonds is 5. The first-order chi connectivity index (χ1) is 11.7. The summed E-state index contributed by atoms with van der Waals surface area (Å²) in [6, 6.07) is 17.2. The van der Waals surface area contributed by atoms with E-state index in [9.17, 15) is 4.79 Å². The molecule has 0 aliphatic rings. The molecule has 0 aliphatic heterocycles. The van der Waals surface area contributed by atoms with Crippen molar-refractivity contribution in [2.45, 2.75) is 13.5 Å². The second-order valence-electron chi connectivity index (χ2n) is 5.31. The average Bonchev–Trinajstić information content (AvgIpc) is 3.02.